The molecule has 2 N–H and O–H groups in total. The second-order valence-corrected chi connectivity index (χ2v) is 7.71. The predicted octanol–water partition coefficient (Wildman–Crippen LogP) is 3.22. The summed E-state index contributed by atoms with van der Waals surface area (Å²) >= 11 is 0. The largest absolute Gasteiger partial charge is 0.379 e. The summed E-state index contributed by atoms with van der Waals surface area (Å²) in [6.45, 7) is 6.39. The van der Waals surface area contributed by atoms with E-state index in [1.807, 2.05) is 19.2 Å². The van der Waals surface area contributed by atoms with Crippen LogP contribution < -0.4 is 5.32 Å². The van der Waals surface area contributed by atoms with Crippen LogP contribution in [-0.4, -0.2) is 57.0 Å². The van der Waals surface area contributed by atoms with Gasteiger partial charge in [-0.2, -0.15) is 9.49 Å². The lowest BCUT2D eigenvalue weighted by Gasteiger charge is -2.41. The highest BCUT2D eigenvalue weighted by molar-refractivity contribution is 5.94. The molecule has 1 saturated heterocycles. The number of H-pyrrole nitrogens is 1. The van der Waals surface area contributed by atoms with E-state index in [1.54, 1.807) is 18.5 Å². The molecule has 0 saturated carbocycles. The van der Waals surface area contributed by atoms with Gasteiger partial charge in [0.15, 0.2) is 0 Å². The number of pyridine rings is 2. The molecule has 0 aromatic carbocycles. The molecule has 3 aromatic rings. The quantitative estimate of drug-likeness (QED) is 0.651. The van der Waals surface area contributed by atoms with Crippen molar-refractivity contribution in [3.63, 3.8) is 0 Å². The summed E-state index contributed by atoms with van der Waals surface area (Å²) < 4.78 is 19.1. The van der Waals surface area contributed by atoms with Crippen LogP contribution >= 0.6 is 0 Å². The number of hydrogen-bond donors (Lipinski definition) is 2. The maximum atomic E-state index is 13.5. The van der Waals surface area contributed by atoms with E-state index in [-0.39, 0.29) is 12.2 Å². The van der Waals surface area contributed by atoms with Crippen molar-refractivity contribution in [2.24, 2.45) is 0 Å². The number of rotatable bonds is 3. The standard InChI is InChI=1S/C22H23FN6O/c1-13-10-25-21(17-5-6-26-28-17)22-20(13)16(15-3-4-18(23)24-11-15)9-19(27-22)29-7-8-30-12-14(29)2/h3-6,9-11,14,19,27H,7-8,12H2,1-2H3,(H,26,28)/t14-,19?/m1/s1. The number of hydrogen-bond acceptors (Lipinski definition) is 6. The molecule has 0 radical (unpaired) electrons. The molecule has 5 rings (SSSR count). The van der Waals surface area contributed by atoms with Gasteiger partial charge in [-0.25, -0.2) is 4.98 Å². The summed E-state index contributed by atoms with van der Waals surface area (Å²) in [5, 5.41) is 10.8. The number of nitrogens with zero attached hydrogens (tertiary/aromatic N) is 4. The smallest absolute Gasteiger partial charge is 0.212 e. The van der Waals surface area contributed by atoms with Gasteiger partial charge in [-0.15, -0.1) is 0 Å². The highest BCUT2D eigenvalue weighted by atomic mass is 19.1. The Kier molecular flexibility index (Phi) is 4.80. The third-order valence-electron chi connectivity index (χ3n) is 5.73. The first kappa shape index (κ1) is 18.9. The Morgan fingerprint density at radius 3 is 2.83 bits per heavy atom. The van der Waals surface area contributed by atoms with Crippen LogP contribution in [0, 0.1) is 12.9 Å². The van der Waals surface area contributed by atoms with E-state index < -0.39 is 5.95 Å². The first-order chi connectivity index (χ1) is 14.6. The maximum absolute atomic E-state index is 13.5. The molecule has 8 heteroatoms. The number of morpholine rings is 1. The van der Waals surface area contributed by atoms with Crippen molar-refractivity contribution in [1.82, 2.24) is 25.1 Å². The van der Waals surface area contributed by atoms with Crippen LogP contribution in [0.25, 0.3) is 17.0 Å². The zero-order valence-electron chi connectivity index (χ0n) is 16.9. The van der Waals surface area contributed by atoms with Crippen LogP contribution in [0.5, 0.6) is 0 Å². The number of fused-ring (bicyclic) bond motifs is 1. The van der Waals surface area contributed by atoms with Crippen molar-refractivity contribution >= 4 is 11.3 Å². The fourth-order valence-corrected chi connectivity index (χ4v) is 4.22. The molecule has 30 heavy (non-hydrogen) atoms. The van der Waals surface area contributed by atoms with Gasteiger partial charge in [-0.1, -0.05) is 0 Å². The predicted molar refractivity (Wildman–Crippen MR) is 112 cm³/mol. The molecule has 0 spiro atoms. The molecule has 2 atom stereocenters. The van der Waals surface area contributed by atoms with Gasteiger partial charge >= 0.3 is 0 Å². The molecule has 2 aliphatic heterocycles. The third-order valence-corrected chi connectivity index (χ3v) is 5.73. The Labute approximate surface area is 174 Å². The number of aryl methyl sites for hydroxylation is 1. The first-order valence-electron chi connectivity index (χ1n) is 10.1. The fraction of sp³-hybridized carbons (Fsp3) is 0.318. The normalized spacial score (nSPS) is 21.6. The average molecular weight is 406 g/mol. The summed E-state index contributed by atoms with van der Waals surface area (Å²) in [4.78, 5) is 11.0. The van der Waals surface area contributed by atoms with Crippen molar-refractivity contribution in [3.05, 3.63) is 65.5 Å². The van der Waals surface area contributed by atoms with Gasteiger partial charge < -0.3 is 10.1 Å². The zero-order chi connectivity index (χ0) is 20.7. The monoisotopic (exact) mass is 406 g/mol. The summed E-state index contributed by atoms with van der Waals surface area (Å²) in [6, 6.07) is 5.34. The van der Waals surface area contributed by atoms with E-state index in [4.69, 9.17) is 9.72 Å². The fourth-order valence-electron chi connectivity index (χ4n) is 4.22. The number of ether oxygens (including phenoxy) is 1. The van der Waals surface area contributed by atoms with Crippen molar-refractivity contribution < 1.29 is 9.13 Å². The molecule has 0 bridgehead atoms. The van der Waals surface area contributed by atoms with Gasteiger partial charge in [0.2, 0.25) is 5.95 Å². The Morgan fingerprint density at radius 2 is 2.10 bits per heavy atom. The number of anilines is 1. The Balaban J connectivity index is 1.69. The van der Waals surface area contributed by atoms with Crippen LogP contribution in [0.2, 0.25) is 0 Å². The molecule has 0 amide bonds. The van der Waals surface area contributed by atoms with E-state index in [2.05, 4.69) is 38.4 Å². The highest BCUT2D eigenvalue weighted by Crippen LogP contribution is 2.41. The van der Waals surface area contributed by atoms with Gasteiger partial charge in [0, 0.05) is 42.3 Å². The number of aromatic nitrogens is 4. The summed E-state index contributed by atoms with van der Waals surface area (Å²) in [6.07, 6.45) is 7.31. The van der Waals surface area contributed by atoms with E-state index >= 15 is 0 Å². The van der Waals surface area contributed by atoms with Gasteiger partial charge in [-0.05, 0) is 49.3 Å². The van der Waals surface area contributed by atoms with E-state index in [0.717, 1.165) is 45.9 Å². The molecule has 7 nitrogen and oxygen atoms in total. The molecule has 0 aliphatic carbocycles. The molecule has 3 aromatic heterocycles. The van der Waals surface area contributed by atoms with Crippen LogP contribution in [0.1, 0.15) is 23.6 Å². The molecule has 5 heterocycles. The summed E-state index contributed by atoms with van der Waals surface area (Å²) in [7, 11) is 0. The summed E-state index contributed by atoms with van der Waals surface area (Å²) in [5.41, 5.74) is 6.54. The zero-order valence-corrected chi connectivity index (χ0v) is 16.9. The number of halogens is 1. The lowest BCUT2D eigenvalue weighted by atomic mass is 9.89. The summed E-state index contributed by atoms with van der Waals surface area (Å²) in [5.74, 6) is -0.489. The first-order valence-corrected chi connectivity index (χ1v) is 10.1. The van der Waals surface area contributed by atoms with E-state index in [1.165, 1.54) is 6.07 Å². The molecule has 2 aliphatic rings. The third kappa shape index (κ3) is 3.28. The highest BCUT2D eigenvalue weighted by Gasteiger charge is 2.32. The second kappa shape index (κ2) is 7.62. The van der Waals surface area contributed by atoms with Crippen LogP contribution in [0.15, 0.2) is 42.9 Å². The van der Waals surface area contributed by atoms with Crippen LogP contribution in [-0.2, 0) is 4.74 Å². The number of aromatic amines is 1. The van der Waals surface area contributed by atoms with Gasteiger partial charge in [0.05, 0.1) is 30.8 Å². The average Bonchev–Trinajstić information content (AvgIpc) is 3.29. The topological polar surface area (TPSA) is 79.0 Å². The Morgan fingerprint density at radius 1 is 1.20 bits per heavy atom. The van der Waals surface area contributed by atoms with Crippen molar-refractivity contribution in [2.45, 2.75) is 26.1 Å². The SMILES string of the molecule is Cc1cnc(-c2ccn[nH]2)c2c1C(c1ccc(F)nc1)=CC(N1CCOC[C@H]1C)N2. The van der Waals surface area contributed by atoms with Gasteiger partial charge in [-0.3, -0.25) is 15.0 Å². The van der Waals surface area contributed by atoms with Crippen molar-refractivity contribution in [2.75, 3.05) is 25.1 Å². The maximum Gasteiger partial charge on any atom is 0.212 e. The Hall–Kier alpha value is -3.10. The number of nitrogens with one attached hydrogen (secondary N) is 2. The van der Waals surface area contributed by atoms with E-state index in [9.17, 15) is 4.39 Å². The van der Waals surface area contributed by atoms with Crippen molar-refractivity contribution in [1.29, 1.82) is 0 Å². The molecule has 1 fully saturated rings. The van der Waals surface area contributed by atoms with Crippen molar-refractivity contribution in [3.8, 4) is 11.4 Å². The minimum atomic E-state index is -0.489. The molecular weight excluding hydrogens is 383 g/mol. The Bertz CT molecular complexity index is 1080. The lowest BCUT2D eigenvalue weighted by Crippen LogP contribution is -2.52. The molecule has 1 unspecified atom stereocenters. The van der Waals surface area contributed by atoms with E-state index in [0.29, 0.717) is 13.2 Å². The van der Waals surface area contributed by atoms with Gasteiger partial charge in [0.1, 0.15) is 5.69 Å². The van der Waals surface area contributed by atoms with Crippen LogP contribution in [0.3, 0.4) is 0 Å². The lowest BCUT2D eigenvalue weighted by molar-refractivity contribution is -0.00849. The van der Waals surface area contributed by atoms with Crippen LogP contribution in [0.4, 0.5) is 10.1 Å². The van der Waals surface area contributed by atoms with Gasteiger partial charge in [0.25, 0.3) is 0 Å². The second-order valence-electron chi connectivity index (χ2n) is 7.71. The molecule has 154 valence electrons. The molecular formula is C22H23FN6O. The minimum absolute atomic E-state index is 0.0540. The minimum Gasteiger partial charge on any atom is -0.379 e.